The Bertz CT molecular complexity index is 698. The molecule has 1 heterocycles. The number of carbonyl (C=O) groups is 1. The first-order valence-corrected chi connectivity index (χ1v) is 8.43. The third-order valence-corrected chi connectivity index (χ3v) is 3.83. The highest BCUT2D eigenvalue weighted by molar-refractivity contribution is 5.68. The second-order valence-electron chi connectivity index (χ2n) is 5.39. The molecule has 2 rings (SSSR count). The van der Waals surface area contributed by atoms with Gasteiger partial charge >= 0.3 is 6.16 Å². The first-order valence-electron chi connectivity index (χ1n) is 8.43. The van der Waals surface area contributed by atoms with Gasteiger partial charge in [0, 0.05) is 12.2 Å². The normalized spacial score (nSPS) is 10.7. The first-order chi connectivity index (χ1) is 12.6. The minimum Gasteiger partial charge on any atom is -0.497 e. The zero-order chi connectivity index (χ0) is 18.9. The predicted octanol–water partition coefficient (Wildman–Crippen LogP) is 2.52. The van der Waals surface area contributed by atoms with Gasteiger partial charge in [-0.2, -0.15) is 4.80 Å². The molecule has 0 aliphatic rings. The first kappa shape index (κ1) is 19.5. The maximum absolute atomic E-state index is 11.5. The van der Waals surface area contributed by atoms with Gasteiger partial charge in [0.15, 0.2) is 0 Å². The lowest BCUT2D eigenvalue weighted by Gasteiger charge is -2.16. The Balaban J connectivity index is 2.16. The van der Waals surface area contributed by atoms with Crippen LogP contribution < -0.4 is 14.8 Å². The number of methoxy groups -OCH3 is 2. The summed E-state index contributed by atoms with van der Waals surface area (Å²) in [5.74, 6) is 1.14. The Morgan fingerprint density at radius 3 is 2.42 bits per heavy atom. The number of nitrogens with one attached hydrogen (secondary N) is 1. The number of carbonyl (C=O) groups excluding carboxylic acids is 1. The fraction of sp³-hybridized carbons (Fsp3) is 0.471. The molecule has 0 bridgehead atoms. The summed E-state index contributed by atoms with van der Waals surface area (Å²) in [7, 11) is 2.84. The lowest BCUT2D eigenvalue weighted by atomic mass is 10.3. The molecule has 0 atom stereocenters. The number of anilines is 2. The van der Waals surface area contributed by atoms with Gasteiger partial charge in [-0.3, -0.25) is 0 Å². The van der Waals surface area contributed by atoms with Crippen molar-refractivity contribution in [3.63, 3.8) is 0 Å². The molecule has 1 N–H and O–H groups in total. The van der Waals surface area contributed by atoms with Crippen molar-refractivity contribution in [3.8, 4) is 11.6 Å². The Kier molecular flexibility index (Phi) is 7.22. The van der Waals surface area contributed by atoms with Crippen LogP contribution in [0.15, 0.2) is 24.3 Å². The second-order valence-corrected chi connectivity index (χ2v) is 5.39. The summed E-state index contributed by atoms with van der Waals surface area (Å²) in [5, 5.41) is 11.7. The van der Waals surface area contributed by atoms with Crippen LogP contribution in [0.2, 0.25) is 0 Å². The summed E-state index contributed by atoms with van der Waals surface area (Å²) < 4.78 is 14.8. The molecule has 142 valence electrons. The molecule has 0 fully saturated rings. The molecule has 26 heavy (non-hydrogen) atoms. The third kappa shape index (κ3) is 5.35. The van der Waals surface area contributed by atoms with E-state index >= 15 is 0 Å². The average Bonchev–Trinajstić information content (AvgIpc) is 3.04. The lowest BCUT2D eigenvalue weighted by molar-refractivity contribution is 0.119. The zero-order valence-electron chi connectivity index (χ0n) is 15.6. The van der Waals surface area contributed by atoms with Crippen LogP contribution in [-0.2, 0) is 11.3 Å². The fourth-order valence-electron chi connectivity index (χ4n) is 2.28. The van der Waals surface area contributed by atoms with Crippen LogP contribution in [0.5, 0.6) is 11.6 Å². The van der Waals surface area contributed by atoms with Crippen molar-refractivity contribution in [2.24, 2.45) is 0 Å². The summed E-state index contributed by atoms with van der Waals surface area (Å²) in [6, 6.07) is 7.29. The SMILES string of the molecule is CCN(CC)CCn1nc(Nc2ccc(OC)cc2)c(OC(=O)OC)n1. The van der Waals surface area contributed by atoms with Crippen LogP contribution in [0.1, 0.15) is 13.8 Å². The number of likely N-dealkylation sites (N-methyl/N-ethyl adjacent to an activating group) is 1. The summed E-state index contributed by atoms with van der Waals surface area (Å²) >= 11 is 0. The van der Waals surface area contributed by atoms with Crippen LogP contribution in [0.3, 0.4) is 0 Å². The number of hydrogen-bond donors (Lipinski definition) is 1. The smallest absolute Gasteiger partial charge is 0.497 e. The van der Waals surface area contributed by atoms with Gasteiger partial charge in [0.2, 0.25) is 5.82 Å². The Hall–Kier alpha value is -2.81. The maximum atomic E-state index is 11.5. The molecule has 0 unspecified atom stereocenters. The Labute approximate surface area is 152 Å². The van der Waals surface area contributed by atoms with Crippen molar-refractivity contribution in [2.75, 3.05) is 39.2 Å². The van der Waals surface area contributed by atoms with Gasteiger partial charge in [-0.15, -0.1) is 10.2 Å². The van der Waals surface area contributed by atoms with Crippen molar-refractivity contribution in [1.29, 1.82) is 0 Å². The molecular formula is C17H25N5O4. The van der Waals surface area contributed by atoms with Crippen LogP contribution in [0, 0.1) is 0 Å². The van der Waals surface area contributed by atoms with E-state index in [4.69, 9.17) is 9.47 Å². The summed E-state index contributed by atoms with van der Waals surface area (Å²) in [4.78, 5) is 15.2. The quantitative estimate of drug-likeness (QED) is 0.680. The van der Waals surface area contributed by atoms with Gasteiger partial charge in [0.1, 0.15) is 5.75 Å². The van der Waals surface area contributed by atoms with E-state index in [1.165, 1.54) is 11.9 Å². The van der Waals surface area contributed by atoms with Gasteiger partial charge in [-0.05, 0) is 37.4 Å². The van der Waals surface area contributed by atoms with Crippen molar-refractivity contribution >= 4 is 17.7 Å². The Morgan fingerprint density at radius 2 is 1.85 bits per heavy atom. The largest absolute Gasteiger partial charge is 0.515 e. The predicted molar refractivity (Wildman–Crippen MR) is 97.1 cm³/mol. The van der Waals surface area contributed by atoms with E-state index in [1.807, 2.05) is 24.3 Å². The lowest BCUT2D eigenvalue weighted by Crippen LogP contribution is -2.27. The van der Waals surface area contributed by atoms with Crippen molar-refractivity contribution < 1.29 is 19.0 Å². The highest BCUT2D eigenvalue weighted by atomic mass is 16.7. The van der Waals surface area contributed by atoms with E-state index in [1.54, 1.807) is 7.11 Å². The number of ether oxygens (including phenoxy) is 3. The average molecular weight is 363 g/mol. The summed E-state index contributed by atoms with van der Waals surface area (Å²) in [6.07, 6.45) is -0.849. The number of aromatic nitrogens is 3. The van der Waals surface area contributed by atoms with E-state index < -0.39 is 6.16 Å². The third-order valence-electron chi connectivity index (χ3n) is 3.83. The van der Waals surface area contributed by atoms with Gasteiger partial charge < -0.3 is 24.4 Å². The van der Waals surface area contributed by atoms with E-state index in [-0.39, 0.29) is 5.88 Å². The highest BCUT2D eigenvalue weighted by Gasteiger charge is 2.17. The van der Waals surface area contributed by atoms with E-state index in [0.29, 0.717) is 12.4 Å². The molecule has 0 saturated carbocycles. The minimum absolute atomic E-state index is 0.0622. The van der Waals surface area contributed by atoms with Gasteiger partial charge in [0.25, 0.3) is 5.88 Å². The molecule has 0 aliphatic heterocycles. The van der Waals surface area contributed by atoms with Crippen LogP contribution >= 0.6 is 0 Å². The van der Waals surface area contributed by atoms with Crippen molar-refractivity contribution in [1.82, 2.24) is 19.9 Å². The standard InChI is InChI=1S/C17H25N5O4/c1-5-21(6-2)11-12-22-19-15(16(20-22)26-17(23)25-4)18-13-7-9-14(24-3)10-8-13/h7-10H,5-6,11-12H2,1-4H3,(H,18,19). The molecule has 1 aromatic heterocycles. The van der Waals surface area contributed by atoms with Crippen LogP contribution in [0.25, 0.3) is 0 Å². The number of nitrogens with zero attached hydrogens (tertiary/aromatic N) is 4. The number of rotatable bonds is 9. The molecule has 2 aromatic rings. The second kappa shape index (κ2) is 9.62. The number of hydrogen-bond acceptors (Lipinski definition) is 8. The zero-order valence-corrected chi connectivity index (χ0v) is 15.6. The van der Waals surface area contributed by atoms with E-state index in [9.17, 15) is 4.79 Å². The van der Waals surface area contributed by atoms with Crippen molar-refractivity contribution in [3.05, 3.63) is 24.3 Å². The molecule has 0 amide bonds. The highest BCUT2D eigenvalue weighted by Crippen LogP contribution is 2.25. The monoisotopic (exact) mass is 363 g/mol. The Morgan fingerprint density at radius 1 is 1.15 bits per heavy atom. The van der Waals surface area contributed by atoms with Crippen LogP contribution in [-0.4, -0.2) is 59.9 Å². The summed E-state index contributed by atoms with van der Waals surface area (Å²) in [5.41, 5.74) is 0.760. The molecule has 0 radical (unpaired) electrons. The fourth-order valence-corrected chi connectivity index (χ4v) is 2.28. The molecule has 9 heteroatoms. The summed E-state index contributed by atoms with van der Waals surface area (Å²) in [6.45, 7) is 7.45. The van der Waals surface area contributed by atoms with Gasteiger partial charge in [-0.25, -0.2) is 4.79 Å². The van der Waals surface area contributed by atoms with Gasteiger partial charge in [0.05, 0.1) is 20.8 Å². The molecule has 0 aliphatic carbocycles. The molecule has 1 aromatic carbocycles. The molecule has 0 spiro atoms. The topological polar surface area (TPSA) is 90.7 Å². The van der Waals surface area contributed by atoms with E-state index in [0.717, 1.165) is 31.1 Å². The van der Waals surface area contributed by atoms with E-state index in [2.05, 4.69) is 39.0 Å². The number of benzene rings is 1. The minimum atomic E-state index is -0.849. The maximum Gasteiger partial charge on any atom is 0.515 e. The molecule has 9 nitrogen and oxygen atoms in total. The van der Waals surface area contributed by atoms with Gasteiger partial charge in [-0.1, -0.05) is 13.8 Å². The molecular weight excluding hydrogens is 338 g/mol. The van der Waals surface area contributed by atoms with Crippen LogP contribution in [0.4, 0.5) is 16.3 Å². The van der Waals surface area contributed by atoms with Crippen molar-refractivity contribution in [2.45, 2.75) is 20.4 Å². The molecule has 0 saturated heterocycles.